The number of nitrogens with zero attached hydrogens (tertiary/aromatic N) is 3. The van der Waals surface area contributed by atoms with Crippen LogP contribution < -0.4 is 14.8 Å². The van der Waals surface area contributed by atoms with Gasteiger partial charge in [-0.05, 0) is 54.1 Å². The number of alkyl halides is 3. The Morgan fingerprint density at radius 3 is 2.16 bits per heavy atom. The quantitative estimate of drug-likeness (QED) is 0.216. The van der Waals surface area contributed by atoms with Crippen molar-refractivity contribution in [2.45, 2.75) is 23.6 Å². The minimum atomic E-state index is -4.41. The number of nitrogens with one attached hydrogen (secondary N) is 1. The van der Waals surface area contributed by atoms with E-state index in [0.717, 1.165) is 12.1 Å². The van der Waals surface area contributed by atoms with Crippen molar-refractivity contribution in [1.82, 2.24) is 20.1 Å². The first-order valence-electron chi connectivity index (χ1n) is 11.2. The van der Waals surface area contributed by atoms with E-state index in [2.05, 4.69) is 15.5 Å². The largest absolute Gasteiger partial charge is 0.497 e. The number of methoxy groups -OCH3 is 2. The van der Waals surface area contributed by atoms with Crippen molar-refractivity contribution in [2.75, 3.05) is 14.2 Å². The lowest BCUT2D eigenvalue weighted by molar-refractivity contribution is -0.137. The van der Waals surface area contributed by atoms with Crippen LogP contribution in [0.25, 0.3) is 5.69 Å². The minimum Gasteiger partial charge on any atom is -0.497 e. The Kier molecular flexibility index (Phi) is 8.20. The molecule has 4 aromatic rings. The Hall–Kier alpha value is -4.06. The fourth-order valence-electron chi connectivity index (χ4n) is 3.50. The van der Waals surface area contributed by atoms with E-state index in [9.17, 15) is 22.4 Å². The number of carbonyl (C=O) groups is 1. The summed E-state index contributed by atoms with van der Waals surface area (Å²) in [5.74, 6) is 0.747. The third-order valence-electron chi connectivity index (χ3n) is 5.46. The summed E-state index contributed by atoms with van der Waals surface area (Å²) in [5.41, 5.74) is 0.787. The predicted octanol–water partition coefficient (Wildman–Crippen LogP) is 5.66. The summed E-state index contributed by atoms with van der Waals surface area (Å²) in [5, 5.41) is 11.6. The zero-order chi connectivity index (χ0) is 27.3. The van der Waals surface area contributed by atoms with Gasteiger partial charge in [0.05, 0.1) is 26.3 Å². The Morgan fingerprint density at radius 2 is 1.58 bits per heavy atom. The van der Waals surface area contributed by atoms with Crippen molar-refractivity contribution >= 4 is 17.7 Å². The van der Waals surface area contributed by atoms with Crippen LogP contribution in [0.2, 0.25) is 0 Å². The number of halogens is 4. The average molecular weight is 547 g/mol. The summed E-state index contributed by atoms with van der Waals surface area (Å²) in [7, 11) is 2.96. The first-order chi connectivity index (χ1) is 18.2. The second kappa shape index (κ2) is 11.5. The molecule has 1 heterocycles. The van der Waals surface area contributed by atoms with Crippen LogP contribution in [0.15, 0.2) is 71.9 Å². The van der Waals surface area contributed by atoms with Gasteiger partial charge in [-0.25, -0.2) is 4.39 Å². The lowest BCUT2D eigenvalue weighted by atomic mass is 10.1. The molecule has 0 saturated heterocycles. The second-order valence-electron chi connectivity index (χ2n) is 7.98. The summed E-state index contributed by atoms with van der Waals surface area (Å²) in [6.07, 6.45) is -4.41. The van der Waals surface area contributed by atoms with Crippen molar-refractivity contribution in [3.63, 3.8) is 0 Å². The van der Waals surface area contributed by atoms with E-state index in [1.807, 2.05) is 0 Å². The van der Waals surface area contributed by atoms with Crippen molar-refractivity contribution < 1.29 is 31.8 Å². The third-order valence-corrected chi connectivity index (χ3v) is 6.46. The number of carbonyl (C=O) groups excluding carboxylic acids is 1. The van der Waals surface area contributed by atoms with E-state index < -0.39 is 23.5 Å². The van der Waals surface area contributed by atoms with Crippen LogP contribution in [0.3, 0.4) is 0 Å². The summed E-state index contributed by atoms with van der Waals surface area (Å²) in [4.78, 5) is 12.8. The van der Waals surface area contributed by atoms with Crippen LogP contribution in [0.5, 0.6) is 11.5 Å². The van der Waals surface area contributed by atoms with E-state index in [1.54, 1.807) is 34.9 Å². The Morgan fingerprint density at radius 1 is 0.947 bits per heavy atom. The van der Waals surface area contributed by atoms with Gasteiger partial charge < -0.3 is 14.8 Å². The first-order valence-corrected chi connectivity index (χ1v) is 12.2. The van der Waals surface area contributed by atoms with Gasteiger partial charge in [0, 0.05) is 23.1 Å². The van der Waals surface area contributed by atoms with Gasteiger partial charge >= 0.3 is 6.18 Å². The molecule has 0 saturated carbocycles. The smallest absolute Gasteiger partial charge is 0.416 e. The average Bonchev–Trinajstić information content (AvgIpc) is 3.33. The number of thioether (sulfide) groups is 1. The van der Waals surface area contributed by atoms with Gasteiger partial charge in [0.25, 0.3) is 5.91 Å². The van der Waals surface area contributed by atoms with Gasteiger partial charge in [-0.15, -0.1) is 10.2 Å². The predicted molar refractivity (Wildman–Crippen MR) is 133 cm³/mol. The third kappa shape index (κ3) is 6.43. The van der Waals surface area contributed by atoms with Crippen molar-refractivity contribution in [3.05, 3.63) is 95.1 Å². The lowest BCUT2D eigenvalue weighted by Gasteiger charge is -2.12. The molecule has 1 aromatic heterocycles. The van der Waals surface area contributed by atoms with Crippen LogP contribution in [0.1, 0.15) is 27.3 Å². The number of ether oxygens (including phenoxy) is 2. The maximum absolute atomic E-state index is 13.6. The lowest BCUT2D eigenvalue weighted by Crippen LogP contribution is -2.24. The van der Waals surface area contributed by atoms with Crippen LogP contribution in [0.4, 0.5) is 17.6 Å². The molecule has 0 fully saturated rings. The van der Waals surface area contributed by atoms with Gasteiger partial charge in [-0.3, -0.25) is 9.36 Å². The van der Waals surface area contributed by atoms with Crippen LogP contribution in [-0.2, 0) is 18.5 Å². The molecule has 198 valence electrons. The molecule has 0 aliphatic rings. The first kappa shape index (κ1) is 27.0. The molecular weight excluding hydrogens is 524 g/mol. The number of rotatable bonds is 9. The van der Waals surface area contributed by atoms with Crippen molar-refractivity contribution in [1.29, 1.82) is 0 Å². The maximum Gasteiger partial charge on any atom is 0.416 e. The topological polar surface area (TPSA) is 78.3 Å². The summed E-state index contributed by atoms with van der Waals surface area (Å²) in [6, 6.07) is 15.3. The van der Waals surface area contributed by atoms with Crippen LogP contribution >= 0.6 is 11.8 Å². The van der Waals surface area contributed by atoms with Gasteiger partial charge in [0.2, 0.25) is 0 Å². The molecule has 0 bridgehead atoms. The fraction of sp³-hybridized carbons (Fsp3) is 0.192. The van der Waals surface area contributed by atoms with E-state index in [4.69, 9.17) is 9.47 Å². The number of hydrogen-bond donors (Lipinski definition) is 1. The fourth-order valence-corrected chi connectivity index (χ4v) is 4.42. The van der Waals surface area contributed by atoms with E-state index >= 15 is 0 Å². The number of benzene rings is 3. The monoisotopic (exact) mass is 546 g/mol. The summed E-state index contributed by atoms with van der Waals surface area (Å²) < 4.78 is 64.2. The SMILES string of the molecule is COc1cc(OC)cc(C(=O)NCc2nnc(SCc3ccc(C(F)(F)F)cc3)n2-c2ccc(F)cc2)c1. The van der Waals surface area contributed by atoms with E-state index in [0.29, 0.717) is 45.0 Å². The Balaban J connectivity index is 1.55. The molecule has 3 aromatic carbocycles. The summed E-state index contributed by atoms with van der Waals surface area (Å²) in [6.45, 7) is -0.0103. The summed E-state index contributed by atoms with van der Waals surface area (Å²) >= 11 is 1.24. The molecule has 12 heteroatoms. The molecule has 0 spiro atoms. The van der Waals surface area contributed by atoms with Gasteiger partial charge in [0.1, 0.15) is 17.3 Å². The van der Waals surface area contributed by atoms with E-state index in [-0.39, 0.29) is 6.54 Å². The zero-order valence-corrected chi connectivity index (χ0v) is 21.1. The van der Waals surface area contributed by atoms with Crippen molar-refractivity contribution in [2.24, 2.45) is 0 Å². The van der Waals surface area contributed by atoms with Gasteiger partial charge in [-0.2, -0.15) is 13.2 Å². The molecule has 7 nitrogen and oxygen atoms in total. The normalized spacial score (nSPS) is 11.3. The van der Waals surface area contributed by atoms with Gasteiger partial charge in [0.15, 0.2) is 11.0 Å². The highest BCUT2D eigenvalue weighted by atomic mass is 32.2. The maximum atomic E-state index is 13.6. The highest BCUT2D eigenvalue weighted by Crippen LogP contribution is 2.31. The van der Waals surface area contributed by atoms with Crippen molar-refractivity contribution in [3.8, 4) is 17.2 Å². The molecule has 0 aliphatic heterocycles. The van der Waals surface area contributed by atoms with Crippen LogP contribution in [0, 0.1) is 5.82 Å². The second-order valence-corrected chi connectivity index (χ2v) is 8.92. The molecule has 0 unspecified atom stereocenters. The Bertz CT molecular complexity index is 1390. The number of hydrogen-bond acceptors (Lipinski definition) is 6. The molecule has 0 radical (unpaired) electrons. The molecule has 4 rings (SSSR count). The standard InChI is InChI=1S/C26H22F4N4O3S/c1-36-21-11-17(12-22(13-21)37-2)24(35)31-14-23-32-33-25(34(23)20-9-7-19(27)8-10-20)38-15-16-3-5-18(6-4-16)26(28,29)30/h3-13H,14-15H2,1-2H3,(H,31,35). The Labute approximate surface area is 219 Å². The molecule has 0 atom stereocenters. The number of aromatic nitrogens is 3. The molecule has 0 aliphatic carbocycles. The highest BCUT2D eigenvalue weighted by Gasteiger charge is 2.30. The molecule has 1 amide bonds. The molecule has 38 heavy (non-hydrogen) atoms. The number of amides is 1. The molecular formula is C26H22F4N4O3S. The van der Waals surface area contributed by atoms with Gasteiger partial charge in [-0.1, -0.05) is 23.9 Å². The zero-order valence-electron chi connectivity index (χ0n) is 20.3. The van der Waals surface area contributed by atoms with E-state index in [1.165, 1.54) is 50.2 Å². The minimum absolute atomic E-state index is 0.0103. The highest BCUT2D eigenvalue weighted by molar-refractivity contribution is 7.98. The van der Waals surface area contributed by atoms with Crippen LogP contribution in [-0.4, -0.2) is 34.9 Å². The molecule has 1 N–H and O–H groups in total.